The lowest BCUT2D eigenvalue weighted by Gasteiger charge is -2.25. The van der Waals surface area contributed by atoms with Crippen molar-refractivity contribution in [3.8, 4) is 16.9 Å². The van der Waals surface area contributed by atoms with Crippen LogP contribution < -0.4 is 15.6 Å². The Labute approximate surface area is 186 Å². The van der Waals surface area contributed by atoms with Gasteiger partial charge in [-0.3, -0.25) is 14.4 Å². The number of benzene rings is 3. The molecule has 0 radical (unpaired) electrons. The van der Waals surface area contributed by atoms with Gasteiger partial charge in [-0.2, -0.15) is 0 Å². The van der Waals surface area contributed by atoms with Gasteiger partial charge in [0.25, 0.3) is 0 Å². The second-order valence-corrected chi connectivity index (χ2v) is 7.95. The summed E-state index contributed by atoms with van der Waals surface area (Å²) in [6.07, 6.45) is 2.73. The number of carbonyl (C=O) groups excluding carboxylic acids is 1. The van der Waals surface area contributed by atoms with Crippen molar-refractivity contribution < 1.29 is 18.4 Å². The van der Waals surface area contributed by atoms with Crippen molar-refractivity contribution >= 4 is 27.9 Å². The molecule has 0 unspecified atom stereocenters. The van der Waals surface area contributed by atoms with Gasteiger partial charge in [0.1, 0.15) is 23.2 Å². The Morgan fingerprint density at radius 3 is 2.36 bits per heavy atom. The Hall–Kier alpha value is -4.45. The van der Waals surface area contributed by atoms with Gasteiger partial charge in [0.05, 0.1) is 29.0 Å². The molecule has 0 saturated heterocycles. The predicted octanol–water partition coefficient (Wildman–Crippen LogP) is 5.01. The minimum absolute atomic E-state index is 0.0701. The van der Waals surface area contributed by atoms with Crippen LogP contribution in [0.25, 0.3) is 33.1 Å². The van der Waals surface area contributed by atoms with E-state index < -0.39 is 11.9 Å². The van der Waals surface area contributed by atoms with Gasteiger partial charge in [0, 0.05) is 17.0 Å². The van der Waals surface area contributed by atoms with E-state index in [9.17, 15) is 14.4 Å². The van der Waals surface area contributed by atoms with E-state index in [1.807, 2.05) is 30.3 Å². The predicted molar refractivity (Wildman–Crippen MR) is 122 cm³/mol. The third-order valence-electron chi connectivity index (χ3n) is 6.05. The van der Waals surface area contributed by atoms with E-state index in [-0.39, 0.29) is 23.0 Å². The first kappa shape index (κ1) is 19.3. The Balaban J connectivity index is 1.61. The zero-order valence-electron chi connectivity index (χ0n) is 17.2. The first-order chi connectivity index (χ1) is 16.1. The molecule has 0 spiro atoms. The lowest BCUT2D eigenvalue weighted by atomic mass is 9.85. The van der Waals surface area contributed by atoms with E-state index >= 15 is 0 Å². The maximum absolute atomic E-state index is 13.3. The molecule has 6 rings (SSSR count). The average Bonchev–Trinajstić information content (AvgIpc) is 2.84. The monoisotopic (exact) mass is 436 g/mol. The number of rotatable bonds is 2. The number of hydrogen-bond acceptors (Lipinski definition) is 6. The molecule has 6 heteroatoms. The summed E-state index contributed by atoms with van der Waals surface area (Å²) in [7, 11) is 0. The van der Waals surface area contributed by atoms with Crippen molar-refractivity contribution in [1.82, 2.24) is 0 Å². The van der Waals surface area contributed by atoms with Crippen molar-refractivity contribution in [3.05, 3.63) is 111 Å². The summed E-state index contributed by atoms with van der Waals surface area (Å²) in [5.41, 5.74) is 2.29. The maximum atomic E-state index is 13.3. The third kappa shape index (κ3) is 2.99. The van der Waals surface area contributed by atoms with E-state index in [0.717, 1.165) is 5.56 Å². The van der Waals surface area contributed by atoms with Gasteiger partial charge in [-0.15, -0.1) is 0 Å². The molecule has 0 aliphatic carbocycles. The van der Waals surface area contributed by atoms with Gasteiger partial charge in [0.15, 0.2) is 5.43 Å². The smallest absolute Gasteiger partial charge is 0.312 e. The normalized spacial score (nSPS) is 15.4. The first-order valence-corrected chi connectivity index (χ1v) is 10.5. The van der Waals surface area contributed by atoms with E-state index in [2.05, 4.69) is 0 Å². The van der Waals surface area contributed by atoms with Gasteiger partial charge in [0.2, 0.25) is 5.43 Å². The molecule has 5 aromatic rings. The Kier molecular flexibility index (Phi) is 4.26. The van der Waals surface area contributed by atoms with Crippen LogP contribution in [0.15, 0.2) is 97.7 Å². The maximum Gasteiger partial charge on any atom is 0.312 e. The molecule has 1 aliphatic heterocycles. The van der Waals surface area contributed by atoms with Crippen LogP contribution in [0.1, 0.15) is 23.5 Å². The van der Waals surface area contributed by atoms with E-state index in [0.29, 0.717) is 38.6 Å². The zero-order valence-corrected chi connectivity index (χ0v) is 17.2. The van der Waals surface area contributed by atoms with Crippen molar-refractivity contribution in [2.75, 3.05) is 0 Å². The van der Waals surface area contributed by atoms with Crippen LogP contribution >= 0.6 is 0 Å². The zero-order chi connectivity index (χ0) is 22.5. The Bertz CT molecular complexity index is 1680. The lowest BCUT2D eigenvalue weighted by molar-refractivity contribution is -0.135. The second kappa shape index (κ2) is 7.31. The molecule has 6 nitrogen and oxygen atoms in total. The standard InChI is InChI=1S/C27H16O6/c28-23-12-18(20-14-31-21-9-5-4-8-16(21)25(20)29)24-22(33-23)11-10-17-26(30)19(13-32-27(17)24)15-6-2-1-3-7-15/h1-11,13-14,18H,12H2/t18-/m0/s1. The molecule has 3 heterocycles. The molecule has 0 bridgehead atoms. The summed E-state index contributed by atoms with van der Waals surface area (Å²) >= 11 is 0. The Morgan fingerprint density at radius 1 is 0.727 bits per heavy atom. The van der Waals surface area contributed by atoms with Crippen LogP contribution in [-0.4, -0.2) is 5.97 Å². The highest BCUT2D eigenvalue weighted by Gasteiger charge is 2.34. The molecule has 0 fully saturated rings. The van der Waals surface area contributed by atoms with Crippen LogP contribution in [-0.2, 0) is 4.79 Å². The van der Waals surface area contributed by atoms with Crippen molar-refractivity contribution in [2.24, 2.45) is 0 Å². The van der Waals surface area contributed by atoms with Crippen LogP contribution in [0.4, 0.5) is 0 Å². The SMILES string of the molecule is O=C1C[C@@H](c2coc3ccccc3c2=O)c2c(ccc3c(=O)c(-c4ccccc4)coc23)O1. The fourth-order valence-electron chi connectivity index (χ4n) is 4.47. The molecular formula is C27H16O6. The molecule has 33 heavy (non-hydrogen) atoms. The topological polar surface area (TPSA) is 86.7 Å². The highest BCUT2D eigenvalue weighted by molar-refractivity contribution is 5.90. The minimum atomic E-state index is -0.670. The van der Waals surface area contributed by atoms with Gasteiger partial charge >= 0.3 is 5.97 Å². The lowest BCUT2D eigenvalue weighted by Crippen LogP contribution is -2.25. The second-order valence-electron chi connectivity index (χ2n) is 7.95. The first-order valence-electron chi connectivity index (χ1n) is 10.5. The molecule has 3 aromatic carbocycles. The van der Waals surface area contributed by atoms with Crippen molar-refractivity contribution in [1.29, 1.82) is 0 Å². The average molecular weight is 436 g/mol. The van der Waals surface area contributed by atoms with Crippen LogP contribution in [0.5, 0.6) is 5.75 Å². The quantitative estimate of drug-likeness (QED) is 0.286. The number of hydrogen-bond donors (Lipinski definition) is 0. The van der Waals surface area contributed by atoms with Crippen molar-refractivity contribution in [3.63, 3.8) is 0 Å². The number of para-hydroxylation sites is 1. The van der Waals surface area contributed by atoms with Gasteiger partial charge in [-0.1, -0.05) is 42.5 Å². The van der Waals surface area contributed by atoms with Gasteiger partial charge in [-0.25, -0.2) is 0 Å². The van der Waals surface area contributed by atoms with Gasteiger partial charge in [-0.05, 0) is 29.8 Å². The summed E-state index contributed by atoms with van der Waals surface area (Å²) in [5.74, 6) is -0.869. The highest BCUT2D eigenvalue weighted by Crippen LogP contribution is 2.42. The minimum Gasteiger partial charge on any atom is -0.464 e. The fourth-order valence-corrected chi connectivity index (χ4v) is 4.47. The molecule has 0 N–H and O–H groups in total. The Morgan fingerprint density at radius 2 is 1.52 bits per heavy atom. The summed E-state index contributed by atoms with van der Waals surface area (Å²) in [4.78, 5) is 39.0. The largest absolute Gasteiger partial charge is 0.464 e. The fraction of sp³-hybridized carbons (Fsp3) is 0.0741. The van der Waals surface area contributed by atoms with E-state index in [1.54, 1.807) is 36.4 Å². The van der Waals surface area contributed by atoms with Crippen LogP contribution in [0.2, 0.25) is 0 Å². The van der Waals surface area contributed by atoms with Crippen LogP contribution in [0, 0.1) is 0 Å². The summed E-state index contributed by atoms with van der Waals surface area (Å²) < 4.78 is 17.1. The molecular weight excluding hydrogens is 420 g/mol. The van der Waals surface area contributed by atoms with Crippen LogP contribution in [0.3, 0.4) is 0 Å². The number of ether oxygens (including phenoxy) is 1. The summed E-state index contributed by atoms with van der Waals surface area (Å²) in [5, 5.41) is 0.770. The molecule has 2 aromatic heterocycles. The van der Waals surface area contributed by atoms with E-state index in [4.69, 9.17) is 13.6 Å². The molecule has 0 saturated carbocycles. The van der Waals surface area contributed by atoms with E-state index in [1.165, 1.54) is 12.5 Å². The number of esters is 1. The number of carbonyl (C=O) groups is 1. The highest BCUT2D eigenvalue weighted by atomic mass is 16.5. The summed E-state index contributed by atoms with van der Waals surface area (Å²) in [6, 6.07) is 19.3. The van der Waals surface area contributed by atoms with Crippen molar-refractivity contribution in [2.45, 2.75) is 12.3 Å². The molecule has 0 amide bonds. The third-order valence-corrected chi connectivity index (χ3v) is 6.05. The molecule has 1 atom stereocenters. The van der Waals surface area contributed by atoms with Gasteiger partial charge < -0.3 is 13.6 Å². The summed E-state index contributed by atoms with van der Waals surface area (Å²) in [6.45, 7) is 0. The molecule has 1 aliphatic rings. The number of fused-ring (bicyclic) bond motifs is 4. The molecule has 160 valence electrons.